The minimum Gasteiger partial charge on any atom is -0.374 e. The van der Waals surface area contributed by atoms with Crippen LogP contribution in [0.4, 0.5) is 11.4 Å². The SMILES string of the molecule is CC(=O)Nc1ccc2c(c1)C(O)(CC#N)C(=O)N2. The fraction of sp³-hybridized carbons (Fsp3) is 0.250. The number of nitrogens with one attached hydrogen (secondary N) is 2. The summed E-state index contributed by atoms with van der Waals surface area (Å²) in [5.41, 5.74) is -0.625. The fourth-order valence-electron chi connectivity index (χ4n) is 1.91. The zero-order valence-corrected chi connectivity index (χ0v) is 9.65. The normalized spacial score (nSPS) is 20.8. The molecule has 6 nitrogen and oxygen atoms in total. The molecule has 1 atom stereocenters. The van der Waals surface area contributed by atoms with E-state index in [2.05, 4.69) is 10.6 Å². The topological polar surface area (TPSA) is 102 Å². The van der Waals surface area contributed by atoms with Gasteiger partial charge in [-0.3, -0.25) is 9.59 Å². The van der Waals surface area contributed by atoms with E-state index in [1.54, 1.807) is 18.2 Å². The van der Waals surface area contributed by atoms with E-state index >= 15 is 0 Å². The molecule has 1 aliphatic heterocycles. The van der Waals surface area contributed by atoms with Gasteiger partial charge in [0, 0.05) is 23.9 Å². The number of fused-ring (bicyclic) bond motifs is 1. The van der Waals surface area contributed by atoms with Crippen LogP contribution in [0.25, 0.3) is 0 Å². The molecule has 0 saturated carbocycles. The maximum Gasteiger partial charge on any atom is 0.262 e. The summed E-state index contributed by atoms with van der Waals surface area (Å²) in [6, 6.07) is 6.46. The standard InChI is InChI=1S/C12H11N3O3/c1-7(16)14-8-2-3-10-9(6-8)12(18,4-5-13)11(17)15-10/h2-3,6,18H,4H2,1H3,(H,14,16)(H,15,17). The third-order valence-electron chi connectivity index (χ3n) is 2.74. The molecule has 0 spiro atoms. The zero-order valence-electron chi connectivity index (χ0n) is 9.65. The largest absolute Gasteiger partial charge is 0.374 e. The summed E-state index contributed by atoms with van der Waals surface area (Å²) in [5, 5.41) is 24.0. The summed E-state index contributed by atoms with van der Waals surface area (Å²) in [4.78, 5) is 22.6. The van der Waals surface area contributed by atoms with E-state index in [4.69, 9.17) is 5.26 Å². The van der Waals surface area contributed by atoms with Gasteiger partial charge in [-0.15, -0.1) is 0 Å². The van der Waals surface area contributed by atoms with Crippen LogP contribution < -0.4 is 10.6 Å². The van der Waals surface area contributed by atoms with E-state index in [1.165, 1.54) is 13.0 Å². The van der Waals surface area contributed by atoms with E-state index in [-0.39, 0.29) is 12.3 Å². The Labute approximate surface area is 103 Å². The maximum atomic E-state index is 11.7. The van der Waals surface area contributed by atoms with Gasteiger partial charge in [0.2, 0.25) is 5.91 Å². The second-order valence-corrected chi connectivity index (χ2v) is 4.09. The molecule has 2 rings (SSSR count). The van der Waals surface area contributed by atoms with Crippen LogP contribution in [0.15, 0.2) is 18.2 Å². The van der Waals surface area contributed by atoms with Gasteiger partial charge in [-0.1, -0.05) is 0 Å². The molecule has 2 amide bonds. The monoisotopic (exact) mass is 245 g/mol. The van der Waals surface area contributed by atoms with Crippen molar-refractivity contribution in [1.82, 2.24) is 0 Å². The number of aliphatic hydroxyl groups is 1. The van der Waals surface area contributed by atoms with Gasteiger partial charge in [0.1, 0.15) is 0 Å². The average molecular weight is 245 g/mol. The smallest absolute Gasteiger partial charge is 0.262 e. The van der Waals surface area contributed by atoms with Crippen molar-refractivity contribution in [2.75, 3.05) is 10.6 Å². The average Bonchev–Trinajstić information content (AvgIpc) is 2.52. The molecular weight excluding hydrogens is 234 g/mol. The predicted octanol–water partition coefficient (Wildman–Crippen LogP) is 0.698. The lowest BCUT2D eigenvalue weighted by Gasteiger charge is -2.17. The number of nitriles is 1. The second kappa shape index (κ2) is 4.13. The van der Waals surface area contributed by atoms with Crippen molar-refractivity contribution in [2.24, 2.45) is 0 Å². The predicted molar refractivity (Wildman–Crippen MR) is 63.5 cm³/mol. The number of carbonyl (C=O) groups excluding carboxylic acids is 2. The van der Waals surface area contributed by atoms with Crippen LogP contribution in [-0.4, -0.2) is 16.9 Å². The van der Waals surface area contributed by atoms with Gasteiger partial charge in [-0.05, 0) is 18.2 Å². The Bertz CT molecular complexity index is 576. The van der Waals surface area contributed by atoms with E-state index in [1.807, 2.05) is 0 Å². The van der Waals surface area contributed by atoms with Crippen molar-refractivity contribution in [3.8, 4) is 6.07 Å². The van der Waals surface area contributed by atoms with Crippen molar-refractivity contribution in [2.45, 2.75) is 18.9 Å². The molecule has 0 saturated heterocycles. The molecule has 1 unspecified atom stereocenters. The summed E-state index contributed by atoms with van der Waals surface area (Å²) in [7, 11) is 0. The minimum absolute atomic E-state index is 0.254. The number of amides is 2. The quantitative estimate of drug-likeness (QED) is 0.713. The lowest BCUT2D eigenvalue weighted by molar-refractivity contribution is -0.133. The maximum absolute atomic E-state index is 11.7. The third-order valence-corrected chi connectivity index (χ3v) is 2.74. The summed E-state index contributed by atoms with van der Waals surface area (Å²) in [5.74, 6) is -0.880. The number of benzene rings is 1. The van der Waals surface area contributed by atoms with Crippen molar-refractivity contribution in [1.29, 1.82) is 5.26 Å². The van der Waals surface area contributed by atoms with Gasteiger partial charge in [0.15, 0.2) is 5.60 Å². The summed E-state index contributed by atoms with van der Waals surface area (Å²) >= 11 is 0. The Kier molecular flexibility index (Phi) is 2.77. The summed E-state index contributed by atoms with van der Waals surface area (Å²) in [6.45, 7) is 1.36. The molecular formula is C12H11N3O3. The van der Waals surface area contributed by atoms with Crippen LogP contribution in [0.2, 0.25) is 0 Å². The van der Waals surface area contributed by atoms with Crippen LogP contribution in [0.1, 0.15) is 18.9 Å². The number of anilines is 2. The van der Waals surface area contributed by atoms with E-state index in [9.17, 15) is 14.7 Å². The third kappa shape index (κ3) is 1.81. The Morgan fingerprint density at radius 1 is 1.61 bits per heavy atom. The van der Waals surface area contributed by atoms with Gasteiger partial charge in [0.25, 0.3) is 5.91 Å². The van der Waals surface area contributed by atoms with Crippen molar-refractivity contribution >= 4 is 23.2 Å². The molecule has 1 aromatic carbocycles. The first-order valence-electron chi connectivity index (χ1n) is 5.30. The number of hydrogen-bond donors (Lipinski definition) is 3. The van der Waals surface area contributed by atoms with Gasteiger partial charge >= 0.3 is 0 Å². The van der Waals surface area contributed by atoms with E-state index in [0.717, 1.165) is 0 Å². The molecule has 0 bridgehead atoms. The molecule has 0 aromatic heterocycles. The Morgan fingerprint density at radius 2 is 2.33 bits per heavy atom. The number of carbonyl (C=O) groups is 2. The lowest BCUT2D eigenvalue weighted by atomic mass is 9.92. The second-order valence-electron chi connectivity index (χ2n) is 4.09. The van der Waals surface area contributed by atoms with E-state index < -0.39 is 11.5 Å². The Morgan fingerprint density at radius 3 is 2.94 bits per heavy atom. The van der Waals surface area contributed by atoms with Crippen molar-refractivity contribution < 1.29 is 14.7 Å². The molecule has 1 heterocycles. The van der Waals surface area contributed by atoms with Gasteiger partial charge < -0.3 is 15.7 Å². The Hall–Kier alpha value is -2.39. The van der Waals surface area contributed by atoms with Gasteiger partial charge in [-0.25, -0.2) is 0 Å². The first-order valence-corrected chi connectivity index (χ1v) is 5.30. The zero-order chi connectivity index (χ0) is 13.3. The van der Waals surface area contributed by atoms with Crippen LogP contribution in [0.3, 0.4) is 0 Å². The van der Waals surface area contributed by atoms with Crippen molar-refractivity contribution in [3.05, 3.63) is 23.8 Å². The van der Waals surface area contributed by atoms with Crippen LogP contribution >= 0.6 is 0 Å². The highest BCUT2D eigenvalue weighted by molar-refractivity contribution is 6.05. The molecule has 6 heteroatoms. The van der Waals surface area contributed by atoms with Crippen LogP contribution in [0, 0.1) is 11.3 Å². The first-order chi connectivity index (χ1) is 8.47. The van der Waals surface area contributed by atoms with Gasteiger partial charge in [0.05, 0.1) is 12.5 Å². The molecule has 3 N–H and O–H groups in total. The van der Waals surface area contributed by atoms with E-state index in [0.29, 0.717) is 16.9 Å². The first kappa shape index (κ1) is 12.1. The number of nitrogens with zero attached hydrogens (tertiary/aromatic N) is 1. The summed E-state index contributed by atoms with van der Waals surface area (Å²) in [6.07, 6.45) is -0.338. The molecule has 92 valence electrons. The molecule has 1 aliphatic rings. The van der Waals surface area contributed by atoms with Crippen molar-refractivity contribution in [3.63, 3.8) is 0 Å². The summed E-state index contributed by atoms with van der Waals surface area (Å²) < 4.78 is 0. The van der Waals surface area contributed by atoms with Crippen LogP contribution in [-0.2, 0) is 15.2 Å². The van der Waals surface area contributed by atoms with Gasteiger partial charge in [-0.2, -0.15) is 5.26 Å². The Balaban J connectivity index is 2.46. The number of rotatable bonds is 2. The molecule has 0 fully saturated rings. The van der Waals surface area contributed by atoms with Crippen LogP contribution in [0.5, 0.6) is 0 Å². The highest BCUT2D eigenvalue weighted by Gasteiger charge is 2.45. The lowest BCUT2D eigenvalue weighted by Crippen LogP contribution is -2.33. The number of hydrogen-bond acceptors (Lipinski definition) is 4. The molecule has 1 aromatic rings. The highest BCUT2D eigenvalue weighted by Crippen LogP contribution is 2.39. The fourth-order valence-corrected chi connectivity index (χ4v) is 1.91. The molecule has 0 aliphatic carbocycles. The molecule has 0 radical (unpaired) electrons. The molecule has 18 heavy (non-hydrogen) atoms. The highest BCUT2D eigenvalue weighted by atomic mass is 16.3. The minimum atomic E-state index is -1.85.